The van der Waals surface area contributed by atoms with Crippen LogP contribution in [0.3, 0.4) is 0 Å². The lowest BCUT2D eigenvalue weighted by Crippen LogP contribution is -2.51. The predicted octanol–water partition coefficient (Wildman–Crippen LogP) is 4.29. The highest BCUT2D eigenvalue weighted by molar-refractivity contribution is 6.02. The summed E-state index contributed by atoms with van der Waals surface area (Å²) in [6, 6.07) is 18.8. The monoisotopic (exact) mass is 543 g/mol. The number of nitrogens with one attached hydrogen (secondary N) is 1. The Balaban J connectivity index is 1.64. The number of hydrogen-bond acceptors (Lipinski definition) is 7. The molecule has 0 radical (unpaired) electrons. The Morgan fingerprint density at radius 1 is 1.05 bits per heavy atom. The Hall–Kier alpha value is -4.60. The first-order valence-electron chi connectivity index (χ1n) is 13.3. The minimum Gasteiger partial charge on any atom is -0.497 e. The Labute approximate surface area is 232 Å². The Morgan fingerprint density at radius 2 is 1.82 bits per heavy atom. The zero-order chi connectivity index (χ0) is 28.3. The van der Waals surface area contributed by atoms with Crippen LogP contribution in [0.1, 0.15) is 38.8 Å². The number of aromatic nitrogens is 3. The van der Waals surface area contributed by atoms with Crippen molar-refractivity contribution in [2.45, 2.75) is 45.3 Å². The molecule has 10 heteroatoms. The van der Waals surface area contributed by atoms with E-state index < -0.39 is 11.6 Å². The minimum atomic E-state index is -1.02. The highest BCUT2D eigenvalue weighted by Gasteiger charge is 2.36. The minimum absolute atomic E-state index is 0.139. The second-order valence-electron chi connectivity index (χ2n) is 10.2. The fourth-order valence-corrected chi connectivity index (χ4v) is 4.58. The van der Waals surface area contributed by atoms with Gasteiger partial charge in [0, 0.05) is 17.3 Å². The molecule has 40 heavy (non-hydrogen) atoms. The first-order valence-corrected chi connectivity index (χ1v) is 13.3. The van der Waals surface area contributed by atoms with Gasteiger partial charge in [-0.3, -0.25) is 14.5 Å². The number of carbonyl (C=O) groups excluding carboxylic acids is 2. The molecule has 1 atom stereocenters. The molecule has 0 saturated heterocycles. The largest absolute Gasteiger partial charge is 0.497 e. The van der Waals surface area contributed by atoms with Gasteiger partial charge in [-0.05, 0) is 62.2 Å². The van der Waals surface area contributed by atoms with E-state index >= 15 is 0 Å². The average Bonchev–Trinajstić information content (AvgIpc) is 3.37. The van der Waals surface area contributed by atoms with Crippen LogP contribution in [0.4, 0.5) is 5.69 Å². The summed E-state index contributed by atoms with van der Waals surface area (Å²) < 4.78 is 18.5. The number of hydrogen-bond donors (Lipinski definition) is 1. The van der Waals surface area contributed by atoms with Crippen LogP contribution in [0.5, 0.6) is 17.2 Å². The molecule has 4 aromatic rings. The lowest BCUT2D eigenvalue weighted by atomic mass is 9.98. The molecule has 2 heterocycles. The molecule has 0 unspecified atom stereocenters. The summed E-state index contributed by atoms with van der Waals surface area (Å²) in [7, 11) is 1.56. The van der Waals surface area contributed by atoms with Crippen LogP contribution in [-0.4, -0.2) is 52.7 Å². The molecule has 208 valence electrons. The normalized spacial score (nSPS) is 13.5. The molecule has 2 amide bonds. The smallest absolute Gasteiger partial charge is 0.249 e. The summed E-state index contributed by atoms with van der Waals surface area (Å²) >= 11 is 0. The topological polar surface area (TPSA) is 108 Å². The SMILES string of the molecule is CCC(C)(C)NC(=O)[C@@H](c1cccc(OC)c1)N(C(=O)Cn1nnc2ccccc21)c1ccc2c(c1)OCCO2. The molecule has 0 aliphatic carbocycles. The van der Waals surface area contributed by atoms with E-state index in [1.807, 2.05) is 51.1 Å². The van der Waals surface area contributed by atoms with Crippen LogP contribution in [-0.2, 0) is 16.1 Å². The fraction of sp³-hybridized carbons (Fsp3) is 0.333. The first kappa shape index (κ1) is 27.0. The maximum absolute atomic E-state index is 14.3. The molecule has 3 aromatic carbocycles. The number of carbonyl (C=O) groups is 2. The molecule has 10 nitrogen and oxygen atoms in total. The molecular formula is C30H33N5O5. The van der Waals surface area contributed by atoms with Gasteiger partial charge in [-0.2, -0.15) is 0 Å². The van der Waals surface area contributed by atoms with Crippen LogP contribution in [0.25, 0.3) is 11.0 Å². The Bertz CT molecular complexity index is 1530. The van der Waals surface area contributed by atoms with Gasteiger partial charge in [-0.25, -0.2) is 4.68 Å². The number of ether oxygens (including phenoxy) is 3. The van der Waals surface area contributed by atoms with Gasteiger partial charge in [0.05, 0.1) is 12.6 Å². The van der Waals surface area contributed by atoms with Crippen molar-refractivity contribution in [1.29, 1.82) is 0 Å². The summed E-state index contributed by atoms with van der Waals surface area (Å²) in [6.07, 6.45) is 0.701. The lowest BCUT2D eigenvalue weighted by Gasteiger charge is -2.35. The second-order valence-corrected chi connectivity index (χ2v) is 10.2. The summed E-state index contributed by atoms with van der Waals surface area (Å²) in [5.74, 6) is 0.976. The van der Waals surface area contributed by atoms with Crippen molar-refractivity contribution in [2.24, 2.45) is 0 Å². The highest BCUT2D eigenvalue weighted by atomic mass is 16.6. The third-order valence-corrected chi connectivity index (χ3v) is 7.04. The van der Waals surface area contributed by atoms with E-state index in [-0.39, 0.29) is 18.4 Å². The third kappa shape index (κ3) is 5.56. The Morgan fingerprint density at radius 3 is 2.60 bits per heavy atom. The van der Waals surface area contributed by atoms with Crippen molar-refractivity contribution in [3.63, 3.8) is 0 Å². The zero-order valence-corrected chi connectivity index (χ0v) is 23.1. The molecule has 5 rings (SSSR count). The summed E-state index contributed by atoms with van der Waals surface area (Å²) in [4.78, 5) is 29.9. The second kappa shape index (κ2) is 11.3. The van der Waals surface area contributed by atoms with Crippen molar-refractivity contribution in [3.05, 3.63) is 72.3 Å². The highest BCUT2D eigenvalue weighted by Crippen LogP contribution is 2.38. The van der Waals surface area contributed by atoms with E-state index in [0.29, 0.717) is 59.2 Å². The molecular weight excluding hydrogens is 510 g/mol. The zero-order valence-electron chi connectivity index (χ0n) is 23.1. The number of rotatable bonds is 9. The van der Waals surface area contributed by atoms with Crippen LogP contribution in [0, 0.1) is 0 Å². The first-order chi connectivity index (χ1) is 19.3. The lowest BCUT2D eigenvalue weighted by molar-refractivity contribution is -0.128. The van der Waals surface area contributed by atoms with Crippen LogP contribution < -0.4 is 24.4 Å². The van der Waals surface area contributed by atoms with Gasteiger partial charge >= 0.3 is 0 Å². The van der Waals surface area contributed by atoms with Crippen molar-refractivity contribution < 1.29 is 23.8 Å². The van der Waals surface area contributed by atoms with Crippen molar-refractivity contribution >= 4 is 28.5 Å². The molecule has 1 N–H and O–H groups in total. The van der Waals surface area contributed by atoms with E-state index in [1.165, 1.54) is 4.90 Å². The average molecular weight is 544 g/mol. The van der Waals surface area contributed by atoms with E-state index in [1.54, 1.807) is 48.2 Å². The van der Waals surface area contributed by atoms with Crippen LogP contribution in [0.2, 0.25) is 0 Å². The predicted molar refractivity (Wildman–Crippen MR) is 151 cm³/mol. The quantitative estimate of drug-likeness (QED) is 0.336. The number of nitrogens with zero attached hydrogens (tertiary/aromatic N) is 4. The molecule has 1 aromatic heterocycles. The molecule has 0 fully saturated rings. The third-order valence-electron chi connectivity index (χ3n) is 7.04. The number of methoxy groups -OCH3 is 1. The number of amides is 2. The van der Waals surface area contributed by atoms with Gasteiger partial charge in [0.15, 0.2) is 11.5 Å². The summed E-state index contributed by atoms with van der Waals surface area (Å²) in [5.41, 5.74) is 1.96. The van der Waals surface area contributed by atoms with Crippen LogP contribution in [0.15, 0.2) is 66.7 Å². The summed E-state index contributed by atoms with van der Waals surface area (Å²) in [5, 5.41) is 11.5. The number of fused-ring (bicyclic) bond motifs is 2. The maximum Gasteiger partial charge on any atom is 0.249 e. The number of para-hydroxylation sites is 1. The Kier molecular flexibility index (Phi) is 7.59. The van der Waals surface area contributed by atoms with Crippen LogP contribution >= 0.6 is 0 Å². The van der Waals surface area contributed by atoms with Crippen molar-refractivity contribution in [3.8, 4) is 17.2 Å². The van der Waals surface area contributed by atoms with E-state index in [4.69, 9.17) is 14.2 Å². The number of benzene rings is 3. The van der Waals surface area contributed by atoms with E-state index in [9.17, 15) is 9.59 Å². The molecule has 0 saturated carbocycles. The molecule has 0 spiro atoms. The van der Waals surface area contributed by atoms with Gasteiger partial charge < -0.3 is 19.5 Å². The fourth-order valence-electron chi connectivity index (χ4n) is 4.58. The summed E-state index contributed by atoms with van der Waals surface area (Å²) in [6.45, 7) is 6.59. The van der Waals surface area contributed by atoms with Crippen molar-refractivity contribution in [2.75, 3.05) is 25.2 Å². The van der Waals surface area contributed by atoms with Gasteiger partial charge in [0.25, 0.3) is 0 Å². The van der Waals surface area contributed by atoms with Gasteiger partial charge in [0.2, 0.25) is 11.8 Å². The van der Waals surface area contributed by atoms with Gasteiger partial charge in [0.1, 0.15) is 37.1 Å². The van der Waals surface area contributed by atoms with Gasteiger partial charge in [-0.1, -0.05) is 36.4 Å². The van der Waals surface area contributed by atoms with E-state index in [2.05, 4.69) is 15.6 Å². The molecule has 1 aliphatic heterocycles. The number of anilines is 1. The van der Waals surface area contributed by atoms with E-state index in [0.717, 1.165) is 0 Å². The van der Waals surface area contributed by atoms with Crippen molar-refractivity contribution in [1.82, 2.24) is 20.3 Å². The maximum atomic E-state index is 14.3. The molecule has 1 aliphatic rings. The van der Waals surface area contributed by atoms with Gasteiger partial charge in [-0.15, -0.1) is 5.10 Å². The molecule has 0 bridgehead atoms. The standard InChI is InChI=1S/C30H33N5O5/c1-5-30(2,3)31-29(37)28(20-9-8-10-22(17-20)38-4)35(21-13-14-25-26(18-21)40-16-15-39-25)27(36)19-34-24-12-7-6-11-23(24)32-33-34/h6-14,17-18,28H,5,15-16,19H2,1-4H3,(H,31,37)/t28-/m1/s1.